The summed E-state index contributed by atoms with van der Waals surface area (Å²) in [6.45, 7) is 5.71. The minimum atomic E-state index is 0.337. The van der Waals surface area contributed by atoms with Crippen LogP contribution in [0.2, 0.25) is 0 Å². The van der Waals surface area contributed by atoms with Crippen molar-refractivity contribution >= 4 is 17.4 Å². The van der Waals surface area contributed by atoms with Crippen molar-refractivity contribution in [3.63, 3.8) is 0 Å². The third kappa shape index (κ3) is 3.41. The Labute approximate surface area is 114 Å². The highest BCUT2D eigenvalue weighted by molar-refractivity contribution is 7.98. The Kier molecular flexibility index (Phi) is 6.03. The Morgan fingerprint density at radius 1 is 1.44 bits per heavy atom. The maximum absolute atomic E-state index is 9.37. The lowest BCUT2D eigenvalue weighted by Gasteiger charge is -2.30. The van der Waals surface area contributed by atoms with Crippen molar-refractivity contribution in [3.8, 4) is 6.07 Å². The first kappa shape index (κ1) is 14.9. The van der Waals surface area contributed by atoms with Crippen molar-refractivity contribution in [3.05, 3.63) is 23.8 Å². The van der Waals surface area contributed by atoms with Crippen LogP contribution in [0.3, 0.4) is 0 Å². The van der Waals surface area contributed by atoms with Crippen molar-refractivity contribution in [1.82, 2.24) is 0 Å². The topological polar surface area (TPSA) is 36.3 Å². The fourth-order valence-electron chi connectivity index (χ4n) is 1.89. The van der Waals surface area contributed by atoms with Crippen LogP contribution in [-0.4, -0.2) is 32.6 Å². The summed E-state index contributed by atoms with van der Waals surface area (Å²) in [6, 6.07) is 8.66. The molecule has 0 unspecified atom stereocenters. The van der Waals surface area contributed by atoms with E-state index < -0.39 is 0 Å². The Balaban J connectivity index is 3.15. The molecule has 0 amide bonds. The smallest absolute Gasteiger partial charge is 0.103 e. The van der Waals surface area contributed by atoms with E-state index in [1.54, 1.807) is 18.9 Å². The van der Waals surface area contributed by atoms with Gasteiger partial charge in [0.05, 0.1) is 17.9 Å². The van der Waals surface area contributed by atoms with Crippen LogP contribution in [-0.2, 0) is 4.74 Å². The van der Waals surface area contributed by atoms with E-state index >= 15 is 0 Å². The summed E-state index contributed by atoms with van der Waals surface area (Å²) < 4.78 is 5.14. The molecule has 0 N–H and O–H groups in total. The molecule has 0 atom stereocenters. The summed E-state index contributed by atoms with van der Waals surface area (Å²) in [7, 11) is 1.70. The number of methoxy groups -OCH3 is 1. The van der Waals surface area contributed by atoms with E-state index in [0.717, 1.165) is 22.7 Å². The number of rotatable bonds is 6. The van der Waals surface area contributed by atoms with Crippen molar-refractivity contribution in [2.75, 3.05) is 31.4 Å². The van der Waals surface area contributed by atoms with Crippen molar-refractivity contribution in [2.24, 2.45) is 0 Å². The molecule has 0 aliphatic carbocycles. The van der Waals surface area contributed by atoms with Crippen LogP contribution >= 0.6 is 11.8 Å². The number of nitriles is 1. The van der Waals surface area contributed by atoms with Gasteiger partial charge < -0.3 is 9.64 Å². The van der Waals surface area contributed by atoms with Crippen molar-refractivity contribution in [1.29, 1.82) is 5.26 Å². The standard InChI is InChI=1S/C14H20N2OS/c1-11(2)16(8-9-17-3)13-6-5-7-14(18-4)12(13)10-15/h5-7,11H,8-9H2,1-4H3. The quantitative estimate of drug-likeness (QED) is 0.740. The molecule has 3 nitrogen and oxygen atoms in total. The second-order valence-electron chi connectivity index (χ2n) is 4.25. The second kappa shape index (κ2) is 7.30. The normalized spacial score (nSPS) is 10.4. The van der Waals surface area contributed by atoms with Crippen molar-refractivity contribution in [2.45, 2.75) is 24.8 Å². The van der Waals surface area contributed by atoms with Gasteiger partial charge in [-0.05, 0) is 32.2 Å². The summed E-state index contributed by atoms with van der Waals surface area (Å²) in [4.78, 5) is 3.24. The minimum Gasteiger partial charge on any atom is -0.383 e. The first-order valence-electron chi connectivity index (χ1n) is 5.98. The molecule has 0 aromatic heterocycles. The molecule has 1 aromatic carbocycles. The highest BCUT2D eigenvalue weighted by atomic mass is 32.2. The van der Waals surface area contributed by atoms with Gasteiger partial charge in [0.2, 0.25) is 0 Å². The summed E-state index contributed by atoms with van der Waals surface area (Å²) >= 11 is 1.61. The van der Waals surface area contributed by atoms with Crippen LogP contribution < -0.4 is 4.90 Å². The van der Waals surface area contributed by atoms with Gasteiger partial charge in [-0.2, -0.15) is 5.26 Å². The van der Waals surface area contributed by atoms with Crippen LogP contribution in [0.4, 0.5) is 5.69 Å². The Bertz CT molecular complexity index is 426. The van der Waals surface area contributed by atoms with Crippen LogP contribution in [0.5, 0.6) is 0 Å². The number of thioether (sulfide) groups is 1. The van der Waals surface area contributed by atoms with E-state index in [-0.39, 0.29) is 0 Å². The molecule has 0 aliphatic rings. The number of benzene rings is 1. The van der Waals surface area contributed by atoms with Crippen LogP contribution in [0, 0.1) is 11.3 Å². The molecule has 1 aromatic rings. The van der Waals surface area contributed by atoms with Gasteiger partial charge >= 0.3 is 0 Å². The van der Waals surface area contributed by atoms with E-state index in [0.29, 0.717) is 12.6 Å². The molecule has 0 bridgehead atoms. The summed E-state index contributed by atoms with van der Waals surface area (Å²) in [6.07, 6.45) is 1.99. The van der Waals surface area contributed by atoms with Crippen LogP contribution in [0.1, 0.15) is 19.4 Å². The molecule has 1 rings (SSSR count). The molecule has 0 aliphatic heterocycles. The molecular weight excluding hydrogens is 244 g/mol. The zero-order chi connectivity index (χ0) is 13.5. The first-order chi connectivity index (χ1) is 8.65. The number of hydrogen-bond acceptors (Lipinski definition) is 4. The van der Waals surface area contributed by atoms with Gasteiger partial charge in [0, 0.05) is 24.6 Å². The lowest BCUT2D eigenvalue weighted by molar-refractivity contribution is 0.204. The summed E-state index contributed by atoms with van der Waals surface area (Å²) in [5.74, 6) is 0. The van der Waals surface area contributed by atoms with Gasteiger partial charge in [-0.15, -0.1) is 11.8 Å². The largest absolute Gasteiger partial charge is 0.383 e. The predicted molar refractivity (Wildman–Crippen MR) is 77.3 cm³/mol. The number of ether oxygens (including phenoxy) is 1. The number of hydrogen-bond donors (Lipinski definition) is 0. The van der Waals surface area contributed by atoms with E-state index in [9.17, 15) is 5.26 Å². The third-order valence-corrected chi connectivity index (χ3v) is 3.59. The lowest BCUT2D eigenvalue weighted by atomic mass is 10.1. The number of anilines is 1. The van der Waals surface area contributed by atoms with E-state index in [2.05, 4.69) is 24.8 Å². The molecule has 0 radical (unpaired) electrons. The Morgan fingerprint density at radius 2 is 2.17 bits per heavy atom. The molecular formula is C14H20N2OS. The molecule has 0 spiro atoms. The summed E-state index contributed by atoms with van der Waals surface area (Å²) in [5, 5.41) is 9.37. The second-order valence-corrected chi connectivity index (χ2v) is 5.09. The molecule has 0 heterocycles. The fraction of sp³-hybridized carbons (Fsp3) is 0.500. The zero-order valence-electron chi connectivity index (χ0n) is 11.4. The van der Waals surface area contributed by atoms with E-state index in [1.807, 2.05) is 24.5 Å². The van der Waals surface area contributed by atoms with Crippen LogP contribution in [0.25, 0.3) is 0 Å². The fourth-order valence-corrected chi connectivity index (χ4v) is 2.46. The molecule has 0 saturated heterocycles. The van der Waals surface area contributed by atoms with Gasteiger partial charge in [-0.3, -0.25) is 0 Å². The molecule has 4 heteroatoms. The molecule has 18 heavy (non-hydrogen) atoms. The molecule has 0 fully saturated rings. The average molecular weight is 264 g/mol. The van der Waals surface area contributed by atoms with Gasteiger partial charge in [0.25, 0.3) is 0 Å². The minimum absolute atomic E-state index is 0.337. The monoisotopic (exact) mass is 264 g/mol. The zero-order valence-corrected chi connectivity index (χ0v) is 12.3. The Morgan fingerprint density at radius 3 is 2.67 bits per heavy atom. The highest BCUT2D eigenvalue weighted by Crippen LogP contribution is 2.29. The van der Waals surface area contributed by atoms with Gasteiger partial charge in [-0.25, -0.2) is 0 Å². The van der Waals surface area contributed by atoms with Gasteiger partial charge in [0.15, 0.2) is 0 Å². The van der Waals surface area contributed by atoms with E-state index in [4.69, 9.17) is 4.74 Å². The predicted octanol–water partition coefficient (Wildman–Crippen LogP) is 3.14. The highest BCUT2D eigenvalue weighted by Gasteiger charge is 2.16. The maximum atomic E-state index is 9.37. The first-order valence-corrected chi connectivity index (χ1v) is 7.20. The SMILES string of the molecule is COCCN(c1cccc(SC)c1C#N)C(C)C. The van der Waals surface area contributed by atoms with Crippen molar-refractivity contribution < 1.29 is 4.74 Å². The van der Waals surface area contributed by atoms with Crippen LogP contribution in [0.15, 0.2) is 23.1 Å². The molecule has 0 saturated carbocycles. The van der Waals surface area contributed by atoms with Gasteiger partial charge in [-0.1, -0.05) is 6.07 Å². The lowest BCUT2D eigenvalue weighted by Crippen LogP contribution is -2.34. The van der Waals surface area contributed by atoms with Gasteiger partial charge in [0.1, 0.15) is 6.07 Å². The summed E-state index contributed by atoms with van der Waals surface area (Å²) in [5.41, 5.74) is 1.76. The average Bonchev–Trinajstić information content (AvgIpc) is 2.38. The molecule has 98 valence electrons. The maximum Gasteiger partial charge on any atom is 0.103 e. The Hall–Kier alpha value is -1.18. The third-order valence-electron chi connectivity index (χ3n) is 2.81. The number of nitrogens with zero attached hydrogens (tertiary/aromatic N) is 2. The van der Waals surface area contributed by atoms with E-state index in [1.165, 1.54) is 0 Å².